The maximum Gasteiger partial charge on any atom is 0.138 e. The van der Waals surface area contributed by atoms with Gasteiger partial charge in [-0.25, -0.2) is 9.37 Å². The third kappa shape index (κ3) is 4.81. The number of H-pyrrole nitrogens is 1. The number of ether oxygens (including phenoxy) is 1. The number of aryl methyl sites for hydroxylation is 1. The predicted octanol–water partition coefficient (Wildman–Crippen LogP) is 5.61. The Balaban J connectivity index is 1.51. The Morgan fingerprint density at radius 1 is 0.971 bits per heavy atom. The summed E-state index contributed by atoms with van der Waals surface area (Å²) in [6.45, 7) is 1.46. The lowest BCUT2D eigenvalue weighted by molar-refractivity contribution is 0.261. The highest BCUT2D eigenvalue weighted by molar-refractivity contribution is 6.04. The lowest BCUT2D eigenvalue weighted by atomic mass is 10.0. The normalized spacial score (nSPS) is 14.0. The topological polar surface area (TPSA) is 73.7 Å². The molecule has 7 heteroatoms. The minimum absolute atomic E-state index is 0.284. The van der Waals surface area contributed by atoms with Gasteiger partial charge in [0.15, 0.2) is 0 Å². The summed E-state index contributed by atoms with van der Waals surface area (Å²) in [6, 6.07) is 20.3. The Labute approximate surface area is 203 Å². The molecular formula is C28H27FN4O2. The van der Waals surface area contributed by atoms with Gasteiger partial charge in [0.25, 0.3) is 0 Å². The van der Waals surface area contributed by atoms with E-state index in [-0.39, 0.29) is 5.82 Å². The number of aromatic amines is 1. The van der Waals surface area contributed by atoms with Crippen LogP contribution in [0.4, 0.5) is 4.39 Å². The van der Waals surface area contributed by atoms with Gasteiger partial charge in [0.1, 0.15) is 24.0 Å². The molecular weight excluding hydrogens is 443 g/mol. The Morgan fingerprint density at radius 2 is 1.69 bits per heavy atom. The molecule has 5 rings (SSSR count). The van der Waals surface area contributed by atoms with Crippen molar-refractivity contribution in [3.05, 3.63) is 83.7 Å². The van der Waals surface area contributed by atoms with Crippen LogP contribution in [-0.2, 0) is 6.42 Å². The van der Waals surface area contributed by atoms with Gasteiger partial charge in [0.2, 0.25) is 0 Å². The summed E-state index contributed by atoms with van der Waals surface area (Å²) in [6.07, 6.45) is 1.54. The summed E-state index contributed by atoms with van der Waals surface area (Å²) >= 11 is 0. The maximum atomic E-state index is 13.6. The van der Waals surface area contributed by atoms with Gasteiger partial charge in [-0.05, 0) is 87.1 Å². The van der Waals surface area contributed by atoms with E-state index >= 15 is 0 Å². The van der Waals surface area contributed by atoms with Crippen molar-refractivity contribution in [3.8, 4) is 39.7 Å². The molecule has 178 valence electrons. The quantitative estimate of drug-likeness (QED) is 0.272. The number of nitrogens with one attached hydrogen (secondary N) is 1. The van der Waals surface area contributed by atoms with Crippen LogP contribution in [0, 0.1) is 5.82 Å². The minimum Gasteiger partial charge on any atom is -0.492 e. The average Bonchev–Trinajstić information content (AvgIpc) is 3.49. The molecule has 4 aromatic rings. The number of imidazole rings is 1. The van der Waals surface area contributed by atoms with Crippen LogP contribution in [0.15, 0.2) is 71.9 Å². The largest absolute Gasteiger partial charge is 0.492 e. The Bertz CT molecular complexity index is 1360. The summed E-state index contributed by atoms with van der Waals surface area (Å²) in [5.74, 6) is 1.24. The summed E-state index contributed by atoms with van der Waals surface area (Å²) < 4.78 is 19.4. The smallest absolute Gasteiger partial charge is 0.138 e. The molecule has 0 amide bonds. The molecule has 1 aliphatic carbocycles. The Morgan fingerprint density at radius 3 is 2.40 bits per heavy atom. The lowest BCUT2D eigenvalue weighted by Crippen LogP contribution is -2.19. The zero-order chi connectivity index (χ0) is 24.4. The molecule has 0 bridgehead atoms. The fourth-order valence-corrected chi connectivity index (χ4v) is 4.32. The molecule has 0 spiro atoms. The Hall–Kier alpha value is -3.97. The standard InChI is InChI=1S/C28H27FN4O2/c1-33(2)15-16-35-23-11-5-19(6-12-23)28-30-26(18-3-9-22(29)10-4-18)27(31-28)21-7-13-24-20(17-21)8-14-25(24)32-34/h3-7,9-13,17,34H,8,14-16H2,1-2H3,(H,30,31). The summed E-state index contributed by atoms with van der Waals surface area (Å²) in [7, 11) is 4.03. The fraction of sp³-hybridized carbons (Fsp3) is 0.214. The number of benzene rings is 3. The first-order chi connectivity index (χ1) is 17.0. The molecule has 35 heavy (non-hydrogen) atoms. The number of likely N-dealkylation sites (N-methyl/N-ethyl adjacent to an activating group) is 1. The van der Waals surface area contributed by atoms with Gasteiger partial charge in [-0.15, -0.1) is 0 Å². The van der Waals surface area contributed by atoms with Crippen molar-refractivity contribution in [1.82, 2.24) is 14.9 Å². The zero-order valence-electron chi connectivity index (χ0n) is 19.8. The van der Waals surface area contributed by atoms with Crippen LogP contribution in [0.1, 0.15) is 17.5 Å². The van der Waals surface area contributed by atoms with Crippen LogP contribution in [0.25, 0.3) is 33.9 Å². The number of oxime groups is 1. The second-order valence-electron chi connectivity index (χ2n) is 8.91. The zero-order valence-corrected chi connectivity index (χ0v) is 19.8. The third-order valence-electron chi connectivity index (χ3n) is 6.21. The fourth-order valence-electron chi connectivity index (χ4n) is 4.32. The highest BCUT2D eigenvalue weighted by Crippen LogP contribution is 2.36. The van der Waals surface area contributed by atoms with Crippen molar-refractivity contribution in [2.45, 2.75) is 12.8 Å². The van der Waals surface area contributed by atoms with Gasteiger partial charge in [-0.1, -0.05) is 17.3 Å². The van der Waals surface area contributed by atoms with Crippen LogP contribution >= 0.6 is 0 Å². The molecule has 0 saturated carbocycles. The predicted molar refractivity (Wildman–Crippen MR) is 136 cm³/mol. The first-order valence-corrected chi connectivity index (χ1v) is 11.6. The van der Waals surface area contributed by atoms with Crippen molar-refractivity contribution in [1.29, 1.82) is 0 Å². The minimum atomic E-state index is -0.284. The van der Waals surface area contributed by atoms with Crippen molar-refractivity contribution in [2.75, 3.05) is 27.2 Å². The molecule has 0 saturated heterocycles. The number of nitrogens with zero attached hydrogens (tertiary/aromatic N) is 3. The molecule has 0 radical (unpaired) electrons. The number of halogens is 1. The highest BCUT2D eigenvalue weighted by Gasteiger charge is 2.21. The SMILES string of the molecule is CN(C)CCOc1ccc(-c2nc(-c3ccc4c(c3)CCC4=NO)c(-c3ccc(F)cc3)[nH]2)cc1. The van der Waals surface area contributed by atoms with E-state index in [1.54, 1.807) is 12.1 Å². The van der Waals surface area contributed by atoms with Crippen molar-refractivity contribution in [2.24, 2.45) is 5.16 Å². The molecule has 2 N–H and O–H groups in total. The van der Waals surface area contributed by atoms with Crippen molar-refractivity contribution < 1.29 is 14.3 Å². The second-order valence-corrected chi connectivity index (χ2v) is 8.91. The molecule has 0 unspecified atom stereocenters. The van der Waals surface area contributed by atoms with E-state index < -0.39 is 0 Å². The molecule has 0 fully saturated rings. The van der Waals surface area contributed by atoms with Gasteiger partial charge in [-0.3, -0.25) is 0 Å². The summed E-state index contributed by atoms with van der Waals surface area (Å²) in [5, 5.41) is 12.7. The first-order valence-electron chi connectivity index (χ1n) is 11.6. The van der Waals surface area contributed by atoms with E-state index in [0.717, 1.165) is 70.2 Å². The van der Waals surface area contributed by atoms with Gasteiger partial charge in [0.05, 0.1) is 17.1 Å². The molecule has 1 aromatic heterocycles. The van der Waals surface area contributed by atoms with Gasteiger partial charge in [-0.2, -0.15) is 0 Å². The van der Waals surface area contributed by atoms with E-state index in [0.29, 0.717) is 12.3 Å². The van der Waals surface area contributed by atoms with Crippen LogP contribution < -0.4 is 4.74 Å². The summed E-state index contributed by atoms with van der Waals surface area (Å²) in [5.41, 5.74) is 7.14. The third-order valence-corrected chi connectivity index (χ3v) is 6.21. The monoisotopic (exact) mass is 470 g/mol. The number of aromatic nitrogens is 2. The number of hydrogen-bond acceptors (Lipinski definition) is 5. The van der Waals surface area contributed by atoms with Crippen molar-refractivity contribution >= 4 is 5.71 Å². The molecule has 3 aromatic carbocycles. The van der Waals surface area contributed by atoms with Crippen molar-refractivity contribution in [3.63, 3.8) is 0 Å². The van der Waals surface area contributed by atoms with E-state index in [2.05, 4.69) is 21.1 Å². The number of hydrogen-bond donors (Lipinski definition) is 2. The molecule has 1 aliphatic rings. The van der Waals surface area contributed by atoms with E-state index in [1.807, 2.05) is 50.5 Å². The van der Waals surface area contributed by atoms with E-state index in [9.17, 15) is 9.60 Å². The van der Waals surface area contributed by atoms with E-state index in [4.69, 9.17) is 9.72 Å². The number of fused-ring (bicyclic) bond motifs is 1. The lowest BCUT2D eigenvalue weighted by Gasteiger charge is -2.11. The maximum absolute atomic E-state index is 13.6. The Kier molecular flexibility index (Phi) is 6.33. The van der Waals surface area contributed by atoms with Crippen LogP contribution in [0.2, 0.25) is 0 Å². The molecule has 1 heterocycles. The van der Waals surface area contributed by atoms with Crippen LogP contribution in [0.3, 0.4) is 0 Å². The van der Waals surface area contributed by atoms with Crippen LogP contribution in [-0.4, -0.2) is 53.0 Å². The second kappa shape index (κ2) is 9.72. The highest BCUT2D eigenvalue weighted by atomic mass is 19.1. The van der Waals surface area contributed by atoms with E-state index in [1.165, 1.54) is 12.1 Å². The van der Waals surface area contributed by atoms with Gasteiger partial charge in [0, 0.05) is 28.8 Å². The molecule has 0 atom stereocenters. The first kappa shape index (κ1) is 22.8. The summed E-state index contributed by atoms with van der Waals surface area (Å²) in [4.78, 5) is 10.5. The molecule has 6 nitrogen and oxygen atoms in total. The average molecular weight is 471 g/mol. The molecule has 0 aliphatic heterocycles. The van der Waals surface area contributed by atoms with Gasteiger partial charge >= 0.3 is 0 Å². The van der Waals surface area contributed by atoms with Crippen LogP contribution in [0.5, 0.6) is 5.75 Å². The number of rotatable bonds is 7. The van der Waals surface area contributed by atoms with Gasteiger partial charge < -0.3 is 19.8 Å².